The third-order valence-corrected chi connectivity index (χ3v) is 6.92. The zero-order valence-electron chi connectivity index (χ0n) is 18.3. The molecule has 3 heterocycles. The Morgan fingerprint density at radius 3 is 2.75 bits per heavy atom. The number of ether oxygens (including phenoxy) is 3. The summed E-state index contributed by atoms with van der Waals surface area (Å²) >= 11 is 0. The second-order valence-corrected chi connectivity index (χ2v) is 9.20. The Morgan fingerprint density at radius 2 is 2.09 bits per heavy atom. The Hall–Kier alpha value is -2.46. The molecule has 0 spiro atoms. The second kappa shape index (κ2) is 8.15. The molecule has 3 aliphatic rings. The molecule has 9 nitrogen and oxygen atoms in total. The summed E-state index contributed by atoms with van der Waals surface area (Å²) in [6, 6.07) is 3.50. The standard InChI is InChI=1S/C23H29NO8/c1-12(25)30-11-22(2,29)14-7-15-20(27)19-17(32-23(15,3)18(26)8-14)9-16(31-21(19)28)13-5-4-6-24-10-13/h4-6,9-10,14-15,18,20-21,26-29H,7-8,11H2,1-3H3/t14-,15-,18-,20-,21?,22+,23-/m1/s1. The van der Waals surface area contributed by atoms with Crippen LogP contribution in [0.25, 0.3) is 5.76 Å². The van der Waals surface area contributed by atoms with E-state index in [2.05, 4.69) is 4.98 Å². The van der Waals surface area contributed by atoms with Gasteiger partial charge in [-0.15, -0.1) is 0 Å². The maximum atomic E-state index is 11.2. The zero-order valence-corrected chi connectivity index (χ0v) is 18.3. The Morgan fingerprint density at radius 1 is 1.34 bits per heavy atom. The zero-order chi connectivity index (χ0) is 23.3. The largest absolute Gasteiger partial charge is 0.484 e. The predicted molar refractivity (Wildman–Crippen MR) is 111 cm³/mol. The van der Waals surface area contributed by atoms with Crippen LogP contribution in [0.3, 0.4) is 0 Å². The predicted octanol–water partition coefficient (Wildman–Crippen LogP) is 0.876. The number of pyridine rings is 1. The van der Waals surface area contributed by atoms with Crippen molar-refractivity contribution in [2.24, 2.45) is 11.8 Å². The summed E-state index contributed by atoms with van der Waals surface area (Å²) in [6.45, 7) is 4.29. The summed E-state index contributed by atoms with van der Waals surface area (Å²) in [5.74, 6) is -1.03. The number of aliphatic hydroxyl groups excluding tert-OH is 3. The van der Waals surface area contributed by atoms with Gasteiger partial charge < -0.3 is 34.6 Å². The van der Waals surface area contributed by atoms with Crippen molar-refractivity contribution in [1.82, 2.24) is 4.98 Å². The molecule has 0 aromatic carbocycles. The van der Waals surface area contributed by atoms with E-state index in [0.717, 1.165) is 0 Å². The molecule has 1 fully saturated rings. The number of nitrogens with zero attached hydrogens (tertiary/aromatic N) is 1. The van der Waals surface area contributed by atoms with Crippen LogP contribution >= 0.6 is 0 Å². The molecule has 1 saturated carbocycles. The second-order valence-electron chi connectivity index (χ2n) is 9.20. The third kappa shape index (κ3) is 3.90. The van der Waals surface area contributed by atoms with E-state index in [1.165, 1.54) is 13.8 Å². The molecule has 1 aliphatic carbocycles. The van der Waals surface area contributed by atoms with Crippen LogP contribution in [0.5, 0.6) is 0 Å². The van der Waals surface area contributed by atoms with Crippen molar-refractivity contribution in [1.29, 1.82) is 0 Å². The first-order valence-corrected chi connectivity index (χ1v) is 10.6. The number of esters is 1. The highest BCUT2D eigenvalue weighted by atomic mass is 16.6. The monoisotopic (exact) mass is 447 g/mol. The molecule has 2 aliphatic heterocycles. The fourth-order valence-electron chi connectivity index (χ4n) is 4.88. The topological polar surface area (TPSA) is 139 Å². The average molecular weight is 447 g/mol. The molecule has 174 valence electrons. The highest BCUT2D eigenvalue weighted by Gasteiger charge is 2.58. The Bertz CT molecular complexity index is 943. The van der Waals surface area contributed by atoms with Crippen LogP contribution in [-0.4, -0.2) is 67.7 Å². The molecule has 0 bridgehead atoms. The lowest BCUT2D eigenvalue weighted by atomic mass is 9.62. The van der Waals surface area contributed by atoms with Gasteiger partial charge in [0.05, 0.1) is 23.4 Å². The van der Waals surface area contributed by atoms with E-state index >= 15 is 0 Å². The molecule has 1 aromatic rings. The number of aromatic nitrogens is 1. The number of allylic oxidation sites excluding steroid dienone is 1. The Labute approximate surface area is 186 Å². The number of hydrogen-bond acceptors (Lipinski definition) is 9. The summed E-state index contributed by atoms with van der Waals surface area (Å²) in [6.07, 6.45) is 1.62. The minimum atomic E-state index is -1.44. The van der Waals surface area contributed by atoms with Crippen molar-refractivity contribution >= 4 is 11.7 Å². The van der Waals surface area contributed by atoms with Gasteiger partial charge in [0.1, 0.15) is 23.7 Å². The van der Waals surface area contributed by atoms with E-state index in [1.54, 1.807) is 37.5 Å². The molecule has 4 rings (SSSR count). The van der Waals surface area contributed by atoms with Crippen LogP contribution in [0.2, 0.25) is 0 Å². The van der Waals surface area contributed by atoms with E-state index < -0.39 is 47.5 Å². The van der Waals surface area contributed by atoms with Crippen molar-refractivity contribution in [2.45, 2.75) is 63.3 Å². The molecular formula is C23H29NO8. The summed E-state index contributed by atoms with van der Waals surface area (Å²) in [4.78, 5) is 15.2. The highest BCUT2D eigenvalue weighted by molar-refractivity contribution is 5.66. The summed E-state index contributed by atoms with van der Waals surface area (Å²) in [5, 5.41) is 43.8. The van der Waals surface area contributed by atoms with Gasteiger partial charge in [-0.05, 0) is 44.7 Å². The quantitative estimate of drug-likeness (QED) is 0.495. The number of aliphatic hydroxyl groups is 4. The van der Waals surface area contributed by atoms with E-state index in [1.807, 2.05) is 0 Å². The maximum absolute atomic E-state index is 11.2. The normalized spacial score (nSPS) is 36.0. The lowest BCUT2D eigenvalue weighted by Gasteiger charge is -2.54. The third-order valence-electron chi connectivity index (χ3n) is 6.92. The van der Waals surface area contributed by atoms with Gasteiger partial charge in [0.15, 0.2) is 0 Å². The molecule has 4 N–H and O–H groups in total. The molecule has 32 heavy (non-hydrogen) atoms. The SMILES string of the molecule is CC(=O)OC[C@](C)(O)[C@H]1C[C@@H](O)[C@]2(C)OC3=C(C(O)OC(c4cccnc4)=C3)[C@H](O)[C@H]2C1. The minimum Gasteiger partial charge on any atom is -0.484 e. The first kappa shape index (κ1) is 22.7. The van der Waals surface area contributed by atoms with Crippen LogP contribution in [-0.2, 0) is 19.0 Å². The fourth-order valence-corrected chi connectivity index (χ4v) is 4.88. The molecule has 0 amide bonds. The summed E-state index contributed by atoms with van der Waals surface area (Å²) in [5.41, 5.74) is -1.75. The van der Waals surface area contributed by atoms with Crippen LogP contribution in [0.1, 0.15) is 39.2 Å². The number of fused-ring (bicyclic) bond motifs is 1. The van der Waals surface area contributed by atoms with Crippen molar-refractivity contribution in [3.63, 3.8) is 0 Å². The van der Waals surface area contributed by atoms with Gasteiger partial charge in [0.2, 0.25) is 6.29 Å². The van der Waals surface area contributed by atoms with Crippen molar-refractivity contribution in [3.8, 4) is 0 Å². The number of rotatable bonds is 4. The summed E-state index contributed by atoms with van der Waals surface area (Å²) in [7, 11) is 0. The Kier molecular flexibility index (Phi) is 5.79. The van der Waals surface area contributed by atoms with Gasteiger partial charge in [-0.2, -0.15) is 0 Å². The van der Waals surface area contributed by atoms with Gasteiger partial charge in [-0.3, -0.25) is 9.78 Å². The van der Waals surface area contributed by atoms with E-state index in [9.17, 15) is 25.2 Å². The van der Waals surface area contributed by atoms with E-state index in [4.69, 9.17) is 14.2 Å². The van der Waals surface area contributed by atoms with Crippen LogP contribution < -0.4 is 0 Å². The minimum absolute atomic E-state index is 0.174. The summed E-state index contributed by atoms with van der Waals surface area (Å²) < 4.78 is 16.8. The number of hydrogen-bond donors (Lipinski definition) is 4. The van der Waals surface area contributed by atoms with Gasteiger partial charge in [-0.25, -0.2) is 0 Å². The first-order chi connectivity index (χ1) is 15.0. The Balaban J connectivity index is 1.65. The maximum Gasteiger partial charge on any atom is 0.302 e. The lowest BCUT2D eigenvalue weighted by Crippen LogP contribution is -2.62. The molecule has 1 unspecified atom stereocenters. The average Bonchev–Trinajstić information content (AvgIpc) is 2.73. The van der Waals surface area contributed by atoms with Crippen LogP contribution in [0.15, 0.2) is 41.9 Å². The lowest BCUT2D eigenvalue weighted by molar-refractivity contribution is -0.212. The van der Waals surface area contributed by atoms with Gasteiger partial charge >= 0.3 is 5.97 Å². The molecule has 0 radical (unpaired) electrons. The molecule has 7 atom stereocenters. The highest BCUT2D eigenvalue weighted by Crippen LogP contribution is 2.51. The number of carbonyl (C=O) groups is 1. The van der Waals surface area contributed by atoms with Gasteiger partial charge in [-0.1, -0.05) is 0 Å². The first-order valence-electron chi connectivity index (χ1n) is 10.6. The van der Waals surface area contributed by atoms with Gasteiger partial charge in [0.25, 0.3) is 0 Å². The van der Waals surface area contributed by atoms with Crippen molar-refractivity contribution in [2.75, 3.05) is 6.61 Å². The van der Waals surface area contributed by atoms with Gasteiger partial charge in [0, 0.05) is 36.9 Å². The van der Waals surface area contributed by atoms with E-state index in [-0.39, 0.29) is 30.8 Å². The van der Waals surface area contributed by atoms with Crippen molar-refractivity contribution < 1.29 is 39.4 Å². The van der Waals surface area contributed by atoms with Crippen LogP contribution in [0.4, 0.5) is 0 Å². The number of carbonyl (C=O) groups excluding carboxylic acids is 1. The molecular weight excluding hydrogens is 418 g/mol. The molecule has 0 saturated heterocycles. The molecule has 9 heteroatoms. The molecule has 1 aromatic heterocycles. The van der Waals surface area contributed by atoms with Crippen LogP contribution in [0, 0.1) is 11.8 Å². The van der Waals surface area contributed by atoms with E-state index in [0.29, 0.717) is 11.3 Å². The van der Waals surface area contributed by atoms with Crippen molar-refractivity contribution in [3.05, 3.63) is 47.5 Å². The fraction of sp³-hybridized carbons (Fsp3) is 0.565. The smallest absolute Gasteiger partial charge is 0.302 e.